The lowest BCUT2D eigenvalue weighted by molar-refractivity contribution is 1.65. The van der Waals surface area contributed by atoms with Gasteiger partial charge in [0.1, 0.15) is 16.1 Å². The SMILES string of the molecule is C[Si]1(C)c2ccccc2-c2cccc(-c3cccc4c(-c5c6cccc(-c7cccc8ccccc78)c6cc6c(-c7cccc8ccccc78)cccc56)c5cccc(-c6cccc7c6[Si](C)(C)c6ccccc6-7)c5cc34)c21. The number of rotatable bonds is 5. The maximum absolute atomic E-state index is 2.60. The minimum atomic E-state index is -2.13. The molecule has 0 amide bonds. The largest absolute Gasteiger partial charge is 0.114 e. The van der Waals surface area contributed by atoms with Crippen LogP contribution in [0.15, 0.2) is 255 Å². The summed E-state index contributed by atoms with van der Waals surface area (Å²) in [5, 5.41) is 21.2. The summed E-state index contributed by atoms with van der Waals surface area (Å²) in [6.07, 6.45) is 0. The van der Waals surface area contributed by atoms with E-state index in [1.807, 2.05) is 0 Å². The molecule has 0 spiro atoms. The smallest absolute Gasteiger partial charge is 0.0623 e. The van der Waals surface area contributed by atoms with Gasteiger partial charge in [0.05, 0.1) is 0 Å². The van der Waals surface area contributed by atoms with Crippen LogP contribution in [0.4, 0.5) is 0 Å². The molecule has 2 heterocycles. The highest BCUT2D eigenvalue weighted by molar-refractivity contribution is 7.05. The van der Waals surface area contributed by atoms with Gasteiger partial charge in [-0.3, -0.25) is 0 Å². The van der Waals surface area contributed by atoms with E-state index in [2.05, 4.69) is 281 Å². The summed E-state index contributed by atoms with van der Waals surface area (Å²) < 4.78 is 0. The van der Waals surface area contributed by atoms with Crippen LogP contribution in [-0.4, -0.2) is 16.1 Å². The third-order valence-corrected chi connectivity index (χ3v) is 25.4. The fourth-order valence-corrected chi connectivity index (χ4v) is 21.8. The molecule has 78 heavy (non-hydrogen) atoms. The average molecular weight is 1020 g/mol. The van der Waals surface area contributed by atoms with Crippen LogP contribution in [0.3, 0.4) is 0 Å². The molecule has 0 atom stereocenters. The Morgan fingerprint density at radius 1 is 0.192 bits per heavy atom. The normalized spacial score (nSPS) is 13.8. The standard InChI is InChI=1S/C76H54Si2/c1-77(2)71-43-11-9-27-57(71)65-41-19-39-63(75(65)77)55-33-17-37-61-69(55)46-70-56(64-40-20-42-66-58-28-10-12-44-72(58)78(3,4)76(64)66)34-18-38-62(70)74(61)73-59-35-15-31-53(51-29-13-23-47-21-5-7-25-49(47)51)67(59)45-68-54(32-16-36-60(68)73)52-30-14-24-48-22-6-8-26-50(48)52/h5-46H,1-4H3. The fourth-order valence-electron chi connectivity index (χ4n) is 14.9. The second kappa shape index (κ2) is 16.8. The number of benzene rings is 14. The van der Waals surface area contributed by atoms with Crippen LogP contribution in [-0.2, 0) is 0 Å². The Bertz CT molecular complexity index is 4610. The third kappa shape index (κ3) is 6.33. The van der Waals surface area contributed by atoms with Crippen molar-refractivity contribution in [3.8, 4) is 77.9 Å². The van der Waals surface area contributed by atoms with Crippen molar-refractivity contribution >= 4 is 102 Å². The van der Waals surface area contributed by atoms with Gasteiger partial charge in [0.2, 0.25) is 0 Å². The van der Waals surface area contributed by atoms with E-state index in [-0.39, 0.29) is 0 Å². The lowest BCUT2D eigenvalue weighted by Gasteiger charge is -2.25. The molecule has 0 fully saturated rings. The van der Waals surface area contributed by atoms with E-state index < -0.39 is 16.1 Å². The molecule has 14 aromatic rings. The molecule has 2 aliphatic heterocycles. The van der Waals surface area contributed by atoms with Crippen molar-refractivity contribution in [2.45, 2.75) is 26.2 Å². The predicted octanol–water partition coefficient (Wildman–Crippen LogP) is 18.5. The van der Waals surface area contributed by atoms with Crippen LogP contribution >= 0.6 is 0 Å². The zero-order valence-corrected chi connectivity index (χ0v) is 46.2. The Labute approximate surface area is 457 Å². The zero-order valence-electron chi connectivity index (χ0n) is 44.2. The molecule has 0 radical (unpaired) electrons. The Balaban J connectivity index is 1.09. The minimum absolute atomic E-state index is 1.24. The molecule has 2 aliphatic rings. The lowest BCUT2D eigenvalue weighted by Crippen LogP contribution is -2.50. The van der Waals surface area contributed by atoms with Crippen molar-refractivity contribution in [3.63, 3.8) is 0 Å². The molecule has 16 rings (SSSR count). The molecule has 0 nitrogen and oxygen atoms in total. The molecule has 0 unspecified atom stereocenters. The van der Waals surface area contributed by atoms with Crippen molar-refractivity contribution in [2.24, 2.45) is 0 Å². The van der Waals surface area contributed by atoms with E-state index in [9.17, 15) is 0 Å². The van der Waals surface area contributed by atoms with Crippen molar-refractivity contribution in [1.29, 1.82) is 0 Å². The van der Waals surface area contributed by atoms with E-state index in [0.29, 0.717) is 0 Å². The summed E-state index contributed by atoms with van der Waals surface area (Å²) in [6.45, 7) is 10.3. The number of fused-ring (bicyclic) bond motifs is 12. The Morgan fingerprint density at radius 2 is 0.423 bits per heavy atom. The predicted molar refractivity (Wildman–Crippen MR) is 343 cm³/mol. The first-order valence-electron chi connectivity index (χ1n) is 27.7. The van der Waals surface area contributed by atoms with Gasteiger partial charge >= 0.3 is 0 Å². The fraction of sp³-hybridized carbons (Fsp3) is 0.0526. The summed E-state index contributed by atoms with van der Waals surface area (Å²) in [5.74, 6) is 0. The van der Waals surface area contributed by atoms with Crippen molar-refractivity contribution in [1.82, 2.24) is 0 Å². The summed E-state index contributed by atoms with van der Waals surface area (Å²) in [7, 11) is -4.27. The molecule has 14 aromatic carbocycles. The first-order chi connectivity index (χ1) is 38.3. The van der Waals surface area contributed by atoms with Crippen molar-refractivity contribution in [2.75, 3.05) is 0 Å². The number of hydrogen-bond donors (Lipinski definition) is 0. The van der Waals surface area contributed by atoms with E-state index in [4.69, 9.17) is 0 Å². The third-order valence-electron chi connectivity index (χ3n) is 18.2. The van der Waals surface area contributed by atoms with E-state index in [0.717, 1.165) is 0 Å². The van der Waals surface area contributed by atoms with Crippen LogP contribution in [0.25, 0.3) is 143 Å². The number of hydrogen-bond acceptors (Lipinski definition) is 0. The minimum Gasteiger partial charge on any atom is -0.0623 e. The van der Waals surface area contributed by atoms with Gasteiger partial charge in [-0.15, -0.1) is 0 Å². The van der Waals surface area contributed by atoms with Crippen molar-refractivity contribution in [3.05, 3.63) is 255 Å². The van der Waals surface area contributed by atoms with Crippen LogP contribution in [0.2, 0.25) is 26.2 Å². The van der Waals surface area contributed by atoms with Gasteiger partial charge in [-0.25, -0.2) is 0 Å². The van der Waals surface area contributed by atoms with E-state index in [1.165, 1.54) is 163 Å². The molecule has 0 bridgehead atoms. The van der Waals surface area contributed by atoms with Crippen LogP contribution in [0, 0.1) is 0 Å². The summed E-state index contributed by atoms with van der Waals surface area (Å²) in [4.78, 5) is 0. The average Bonchev–Trinajstić information content (AvgIpc) is 3.74. The Kier molecular flexibility index (Phi) is 9.75. The summed E-state index contributed by atoms with van der Waals surface area (Å²) >= 11 is 0. The van der Waals surface area contributed by atoms with Crippen molar-refractivity contribution < 1.29 is 0 Å². The van der Waals surface area contributed by atoms with Gasteiger partial charge in [-0.1, -0.05) is 269 Å². The first kappa shape index (κ1) is 45.3. The molecular weight excluding hydrogens is 969 g/mol. The van der Waals surface area contributed by atoms with Gasteiger partial charge in [0, 0.05) is 0 Å². The molecule has 0 aliphatic carbocycles. The zero-order chi connectivity index (χ0) is 52.0. The monoisotopic (exact) mass is 1020 g/mol. The molecular formula is C76H54Si2. The molecule has 366 valence electrons. The highest BCUT2D eigenvalue weighted by Gasteiger charge is 2.41. The van der Waals surface area contributed by atoms with Crippen LogP contribution < -0.4 is 20.7 Å². The van der Waals surface area contributed by atoms with E-state index in [1.54, 1.807) is 0 Å². The highest BCUT2D eigenvalue weighted by atomic mass is 28.3. The van der Waals surface area contributed by atoms with Crippen LogP contribution in [0.5, 0.6) is 0 Å². The second-order valence-corrected chi connectivity index (χ2v) is 31.5. The lowest BCUT2D eigenvalue weighted by atomic mass is 9.81. The van der Waals surface area contributed by atoms with Gasteiger partial charge in [0.15, 0.2) is 0 Å². The van der Waals surface area contributed by atoms with Crippen LogP contribution in [0.1, 0.15) is 0 Å². The molecule has 0 saturated carbocycles. The maximum Gasteiger partial charge on any atom is 0.114 e. The molecule has 0 aromatic heterocycles. The molecule has 0 saturated heterocycles. The van der Waals surface area contributed by atoms with Gasteiger partial charge in [0.25, 0.3) is 0 Å². The van der Waals surface area contributed by atoms with Gasteiger partial charge in [-0.2, -0.15) is 0 Å². The highest BCUT2D eigenvalue weighted by Crippen LogP contribution is 2.51. The molecule has 0 N–H and O–H groups in total. The Morgan fingerprint density at radius 3 is 0.808 bits per heavy atom. The first-order valence-corrected chi connectivity index (χ1v) is 33.7. The quantitative estimate of drug-likeness (QED) is 0.119. The van der Waals surface area contributed by atoms with Gasteiger partial charge < -0.3 is 0 Å². The molecule has 2 heteroatoms. The second-order valence-electron chi connectivity index (χ2n) is 23.0. The summed E-state index contributed by atoms with van der Waals surface area (Å²) in [6, 6.07) is 97.7. The van der Waals surface area contributed by atoms with Gasteiger partial charge in [-0.05, 0) is 175 Å². The topological polar surface area (TPSA) is 0 Å². The maximum atomic E-state index is 2.60. The van der Waals surface area contributed by atoms with E-state index >= 15 is 0 Å². The summed E-state index contributed by atoms with van der Waals surface area (Å²) in [5.41, 5.74) is 18.4. The Hall–Kier alpha value is -8.93.